The second kappa shape index (κ2) is 13.7. The van der Waals surface area contributed by atoms with Gasteiger partial charge in [-0.3, -0.25) is 9.59 Å². The summed E-state index contributed by atoms with van der Waals surface area (Å²) < 4.78 is 7.63. The van der Waals surface area contributed by atoms with Crippen LogP contribution in [0.4, 0.5) is 0 Å². The Morgan fingerprint density at radius 1 is 1.00 bits per heavy atom. The molecule has 44 heavy (non-hydrogen) atoms. The smallest absolute Gasteiger partial charge is 0.251 e. The van der Waals surface area contributed by atoms with Crippen molar-refractivity contribution in [1.29, 1.82) is 0 Å². The molecule has 1 aliphatic heterocycles. The van der Waals surface area contributed by atoms with Crippen molar-refractivity contribution >= 4 is 22.8 Å². The molecule has 1 aromatic heterocycles. The van der Waals surface area contributed by atoms with Crippen molar-refractivity contribution < 1.29 is 14.3 Å². The van der Waals surface area contributed by atoms with Crippen molar-refractivity contribution in [2.45, 2.75) is 69.5 Å². The summed E-state index contributed by atoms with van der Waals surface area (Å²) in [5, 5.41) is 3.03. The van der Waals surface area contributed by atoms with E-state index in [1.165, 1.54) is 0 Å². The maximum Gasteiger partial charge on any atom is 0.251 e. The number of imidazole rings is 1. The normalized spacial score (nSPS) is 17.5. The molecular formula is C36H43N5O3. The highest BCUT2D eigenvalue weighted by atomic mass is 16.5. The van der Waals surface area contributed by atoms with E-state index in [1.807, 2.05) is 35.2 Å². The molecule has 2 aliphatic rings. The van der Waals surface area contributed by atoms with Crippen LogP contribution in [0, 0.1) is 0 Å². The molecule has 2 amide bonds. The van der Waals surface area contributed by atoms with Gasteiger partial charge in [-0.1, -0.05) is 48.5 Å². The van der Waals surface area contributed by atoms with Gasteiger partial charge in [0.2, 0.25) is 5.91 Å². The summed E-state index contributed by atoms with van der Waals surface area (Å²) in [6, 6.07) is 24.4. The number of piperidine rings is 1. The van der Waals surface area contributed by atoms with Crippen LogP contribution in [0.2, 0.25) is 0 Å². The number of rotatable bonds is 12. The molecule has 0 unspecified atom stereocenters. The lowest BCUT2D eigenvalue weighted by atomic mass is 9.95. The minimum atomic E-state index is -0.253. The van der Waals surface area contributed by atoms with Crippen LogP contribution < -0.4 is 11.1 Å². The maximum absolute atomic E-state index is 13.4. The van der Waals surface area contributed by atoms with Gasteiger partial charge in [0.15, 0.2) is 0 Å². The lowest BCUT2D eigenvalue weighted by molar-refractivity contribution is -0.132. The number of aryl methyl sites for hydroxylation is 1. The Hall–Kier alpha value is -4.01. The van der Waals surface area contributed by atoms with E-state index in [9.17, 15) is 9.59 Å². The zero-order valence-corrected chi connectivity index (χ0v) is 25.6. The fourth-order valence-electron chi connectivity index (χ4n) is 6.29. The Morgan fingerprint density at radius 2 is 1.73 bits per heavy atom. The van der Waals surface area contributed by atoms with E-state index in [1.54, 1.807) is 7.11 Å². The highest BCUT2D eigenvalue weighted by Crippen LogP contribution is 2.30. The first-order valence-corrected chi connectivity index (χ1v) is 16.0. The van der Waals surface area contributed by atoms with Crippen LogP contribution in [0.25, 0.3) is 22.2 Å². The number of aromatic nitrogens is 2. The molecule has 1 saturated carbocycles. The number of likely N-dealkylation sites (tertiary alicyclic amines) is 1. The fraction of sp³-hybridized carbons (Fsp3) is 0.417. The molecule has 2 heterocycles. The first kappa shape index (κ1) is 30.0. The van der Waals surface area contributed by atoms with E-state index in [4.69, 9.17) is 15.5 Å². The molecule has 6 rings (SSSR count). The minimum absolute atomic E-state index is 0.00390. The van der Waals surface area contributed by atoms with Gasteiger partial charge in [0.25, 0.3) is 5.91 Å². The summed E-state index contributed by atoms with van der Waals surface area (Å²) in [7, 11) is 1.73. The van der Waals surface area contributed by atoms with Crippen molar-refractivity contribution in [2.75, 3.05) is 26.8 Å². The molecule has 0 bridgehead atoms. The van der Waals surface area contributed by atoms with Gasteiger partial charge in [0.1, 0.15) is 5.82 Å². The van der Waals surface area contributed by atoms with Crippen molar-refractivity contribution in [1.82, 2.24) is 19.8 Å². The van der Waals surface area contributed by atoms with E-state index in [2.05, 4.69) is 52.3 Å². The summed E-state index contributed by atoms with van der Waals surface area (Å²) in [5.74, 6) is 1.39. The van der Waals surface area contributed by atoms with Crippen LogP contribution in [0.3, 0.4) is 0 Å². The first-order valence-electron chi connectivity index (χ1n) is 16.0. The van der Waals surface area contributed by atoms with Crippen LogP contribution in [0.5, 0.6) is 0 Å². The summed E-state index contributed by atoms with van der Waals surface area (Å²) in [5.41, 5.74) is 12.6. The molecule has 230 valence electrons. The molecule has 2 atom stereocenters. The largest absolute Gasteiger partial charge is 0.385 e. The molecule has 8 heteroatoms. The average molecular weight is 594 g/mol. The topological polar surface area (TPSA) is 102 Å². The third kappa shape index (κ3) is 7.20. The average Bonchev–Trinajstić information content (AvgIpc) is 3.79. The predicted octanol–water partition coefficient (Wildman–Crippen LogP) is 5.30. The van der Waals surface area contributed by atoms with Gasteiger partial charge in [0, 0.05) is 63.3 Å². The highest BCUT2D eigenvalue weighted by molar-refractivity contribution is 5.95. The van der Waals surface area contributed by atoms with E-state index in [0.717, 1.165) is 78.7 Å². The highest BCUT2D eigenvalue weighted by Gasteiger charge is 2.29. The van der Waals surface area contributed by atoms with Crippen LogP contribution in [0.1, 0.15) is 66.2 Å². The van der Waals surface area contributed by atoms with Gasteiger partial charge >= 0.3 is 0 Å². The van der Waals surface area contributed by atoms with Gasteiger partial charge in [-0.05, 0) is 79.5 Å². The Balaban J connectivity index is 1.04. The molecule has 4 aromatic rings. The number of para-hydroxylation sites is 2. The lowest BCUT2D eigenvalue weighted by Crippen LogP contribution is -2.42. The number of carbonyl (C=O) groups excluding carboxylic acids is 2. The number of nitrogens with two attached hydrogens (primary N) is 1. The van der Waals surface area contributed by atoms with E-state index < -0.39 is 0 Å². The van der Waals surface area contributed by atoms with Crippen LogP contribution in [0.15, 0.2) is 72.8 Å². The number of amides is 2. The SMILES string of the molecule is COCCCn1c([C@@H]2CCCN(C(=O)C[C@H](N)Cc3ccc(-c4ccc(C(=O)NC5CC5)cc4)cc3)C2)nc2ccccc21. The Bertz CT molecular complexity index is 1580. The standard InChI is InChI=1S/C36H43N5O3/c1-44-21-5-20-41-33-8-3-2-7-32(33)39-35(41)29-6-4-19-40(24-29)34(42)23-30(37)22-25-9-11-26(12-10-25)27-13-15-28(16-14-27)36(43)38-31-17-18-31/h2-3,7-16,29-31H,4-6,17-24,37H2,1H3,(H,38,43)/t29-,30-/m1/s1. The molecule has 3 aromatic carbocycles. The zero-order chi connectivity index (χ0) is 30.5. The number of methoxy groups -OCH3 is 1. The van der Waals surface area contributed by atoms with E-state index in [-0.39, 0.29) is 23.8 Å². The van der Waals surface area contributed by atoms with Crippen LogP contribution in [-0.4, -0.2) is 65.2 Å². The van der Waals surface area contributed by atoms with Crippen molar-refractivity contribution in [2.24, 2.45) is 5.73 Å². The molecule has 0 spiro atoms. The monoisotopic (exact) mass is 593 g/mol. The molecule has 0 radical (unpaired) electrons. The Labute approximate surface area is 259 Å². The summed E-state index contributed by atoms with van der Waals surface area (Å²) in [6.45, 7) is 2.99. The van der Waals surface area contributed by atoms with Crippen LogP contribution in [-0.2, 0) is 22.5 Å². The number of hydrogen-bond donors (Lipinski definition) is 2. The molecule has 3 N–H and O–H groups in total. The number of nitrogens with one attached hydrogen (secondary N) is 1. The molecular weight excluding hydrogens is 550 g/mol. The second-order valence-corrected chi connectivity index (χ2v) is 12.3. The van der Waals surface area contributed by atoms with Crippen molar-refractivity contribution in [3.8, 4) is 11.1 Å². The fourth-order valence-corrected chi connectivity index (χ4v) is 6.29. The quantitative estimate of drug-likeness (QED) is 0.217. The maximum atomic E-state index is 13.4. The predicted molar refractivity (Wildman–Crippen MR) is 173 cm³/mol. The van der Waals surface area contributed by atoms with Gasteiger partial charge in [-0.25, -0.2) is 4.98 Å². The molecule has 2 fully saturated rings. The van der Waals surface area contributed by atoms with E-state index >= 15 is 0 Å². The number of benzene rings is 3. The van der Waals surface area contributed by atoms with Gasteiger partial charge in [-0.2, -0.15) is 0 Å². The minimum Gasteiger partial charge on any atom is -0.385 e. The van der Waals surface area contributed by atoms with Gasteiger partial charge in [0.05, 0.1) is 11.0 Å². The van der Waals surface area contributed by atoms with Crippen LogP contribution >= 0.6 is 0 Å². The second-order valence-electron chi connectivity index (χ2n) is 12.3. The zero-order valence-electron chi connectivity index (χ0n) is 25.6. The van der Waals surface area contributed by atoms with Crippen molar-refractivity contribution in [3.63, 3.8) is 0 Å². The molecule has 8 nitrogen and oxygen atoms in total. The molecule has 1 saturated heterocycles. The van der Waals surface area contributed by atoms with Gasteiger partial charge in [-0.15, -0.1) is 0 Å². The third-order valence-corrected chi connectivity index (χ3v) is 8.84. The molecule has 1 aliphatic carbocycles. The summed E-state index contributed by atoms with van der Waals surface area (Å²) >= 11 is 0. The number of carbonyl (C=O) groups is 2. The number of fused-ring (bicyclic) bond motifs is 1. The number of ether oxygens (including phenoxy) is 1. The number of hydrogen-bond acceptors (Lipinski definition) is 5. The van der Waals surface area contributed by atoms with Crippen molar-refractivity contribution in [3.05, 3.63) is 89.7 Å². The number of nitrogens with zero attached hydrogens (tertiary/aromatic N) is 3. The lowest BCUT2D eigenvalue weighted by Gasteiger charge is -2.33. The first-order chi connectivity index (χ1) is 21.5. The third-order valence-electron chi connectivity index (χ3n) is 8.84. The van der Waals surface area contributed by atoms with Gasteiger partial charge < -0.3 is 25.3 Å². The summed E-state index contributed by atoms with van der Waals surface area (Å²) in [6.07, 6.45) is 6.01. The Kier molecular flexibility index (Phi) is 9.38. The Morgan fingerprint density at radius 3 is 2.45 bits per heavy atom. The summed E-state index contributed by atoms with van der Waals surface area (Å²) in [4.78, 5) is 32.7. The van der Waals surface area contributed by atoms with E-state index in [0.29, 0.717) is 37.6 Å².